The van der Waals surface area contributed by atoms with Crippen LogP contribution in [0.1, 0.15) is 45.8 Å². The minimum atomic E-state index is -0.389. The number of carbonyl (C=O) groups is 2. The van der Waals surface area contributed by atoms with Gasteiger partial charge in [0.05, 0.1) is 18.4 Å². The molecule has 0 saturated carbocycles. The summed E-state index contributed by atoms with van der Waals surface area (Å²) < 4.78 is 12.5. The van der Waals surface area contributed by atoms with E-state index in [0.29, 0.717) is 12.2 Å². The first-order valence-corrected chi connectivity index (χ1v) is 10.3. The predicted octanol–water partition coefficient (Wildman–Crippen LogP) is 4.45. The zero-order valence-corrected chi connectivity index (χ0v) is 18.3. The van der Waals surface area contributed by atoms with Gasteiger partial charge < -0.3 is 14.0 Å². The molecule has 0 N–H and O–H groups in total. The second-order valence-corrected chi connectivity index (χ2v) is 8.12. The summed E-state index contributed by atoms with van der Waals surface area (Å²) in [7, 11) is 1.66. The molecule has 0 unspecified atom stereocenters. The van der Waals surface area contributed by atoms with Gasteiger partial charge in [0.2, 0.25) is 5.78 Å². The van der Waals surface area contributed by atoms with Gasteiger partial charge in [0.25, 0.3) is 0 Å². The fourth-order valence-electron chi connectivity index (χ4n) is 3.42. The van der Waals surface area contributed by atoms with E-state index in [4.69, 9.17) is 9.47 Å². The van der Waals surface area contributed by atoms with Crippen molar-refractivity contribution >= 4 is 23.5 Å². The lowest BCUT2D eigenvalue weighted by atomic mass is 10.1. The first-order chi connectivity index (χ1) is 13.2. The van der Waals surface area contributed by atoms with Crippen LogP contribution in [0.2, 0.25) is 0 Å². The van der Waals surface area contributed by atoms with Crippen LogP contribution in [0.15, 0.2) is 29.2 Å². The summed E-state index contributed by atoms with van der Waals surface area (Å²) in [6, 6.07) is 8.08. The Balaban J connectivity index is 1.93. The van der Waals surface area contributed by atoms with E-state index in [9.17, 15) is 9.59 Å². The van der Waals surface area contributed by atoms with Crippen molar-refractivity contribution in [3.63, 3.8) is 0 Å². The van der Waals surface area contributed by atoms with E-state index >= 15 is 0 Å². The summed E-state index contributed by atoms with van der Waals surface area (Å²) in [5.74, 6) is -0.394. The van der Waals surface area contributed by atoms with Gasteiger partial charge in [-0.15, -0.1) is 11.8 Å². The van der Waals surface area contributed by atoms with Crippen molar-refractivity contribution < 1.29 is 19.1 Å². The lowest BCUT2D eigenvalue weighted by Crippen LogP contribution is -2.17. The topological polar surface area (TPSA) is 57.5 Å². The minimum Gasteiger partial charge on any atom is -0.457 e. The third kappa shape index (κ3) is 5.49. The molecule has 28 heavy (non-hydrogen) atoms. The highest BCUT2D eigenvalue weighted by Crippen LogP contribution is 2.24. The molecule has 0 spiro atoms. The molecule has 2 aromatic rings. The largest absolute Gasteiger partial charge is 0.457 e. The van der Waals surface area contributed by atoms with E-state index in [-0.39, 0.29) is 30.2 Å². The van der Waals surface area contributed by atoms with Crippen LogP contribution in [0.5, 0.6) is 0 Å². The number of nitrogens with zero attached hydrogens (tertiary/aromatic N) is 1. The van der Waals surface area contributed by atoms with Crippen LogP contribution in [0.4, 0.5) is 0 Å². The van der Waals surface area contributed by atoms with Gasteiger partial charge in [-0.25, -0.2) is 0 Å². The zero-order valence-electron chi connectivity index (χ0n) is 17.5. The van der Waals surface area contributed by atoms with E-state index in [1.165, 1.54) is 17.3 Å². The van der Waals surface area contributed by atoms with Crippen molar-refractivity contribution in [2.24, 2.45) is 0 Å². The second-order valence-electron chi connectivity index (χ2n) is 7.10. The number of esters is 1. The first-order valence-electron chi connectivity index (χ1n) is 9.30. The molecule has 1 atom stereocenters. The number of methoxy groups -OCH3 is 1. The lowest BCUT2D eigenvalue weighted by Gasteiger charge is -2.17. The Bertz CT molecular complexity index is 856. The summed E-state index contributed by atoms with van der Waals surface area (Å²) >= 11 is 1.43. The van der Waals surface area contributed by atoms with Crippen LogP contribution in [-0.4, -0.2) is 42.4 Å². The van der Waals surface area contributed by atoms with E-state index < -0.39 is 0 Å². The Morgan fingerprint density at radius 2 is 1.86 bits per heavy atom. The molecule has 2 rings (SSSR count). The third-order valence-corrected chi connectivity index (χ3v) is 5.82. The molecule has 1 aromatic heterocycles. The number of benzene rings is 1. The number of hydrogen-bond acceptors (Lipinski definition) is 5. The number of hydrogen-bond donors (Lipinski definition) is 0. The predicted molar refractivity (Wildman–Crippen MR) is 112 cm³/mol. The van der Waals surface area contributed by atoms with Crippen LogP contribution >= 0.6 is 11.8 Å². The number of aromatic nitrogens is 1. The van der Waals surface area contributed by atoms with Crippen molar-refractivity contribution in [3.05, 3.63) is 52.3 Å². The fraction of sp³-hybridized carbons (Fsp3) is 0.455. The monoisotopic (exact) mass is 403 g/mol. The molecule has 1 heterocycles. The summed E-state index contributed by atoms with van der Waals surface area (Å²) in [4.78, 5) is 25.7. The molecule has 0 fully saturated rings. The second kappa shape index (κ2) is 9.94. The number of thioether (sulfide) groups is 1. The zero-order chi connectivity index (χ0) is 20.8. The normalized spacial score (nSPS) is 12.1. The third-order valence-electron chi connectivity index (χ3n) is 4.67. The molecule has 1 aromatic carbocycles. The van der Waals surface area contributed by atoms with Crippen molar-refractivity contribution in [3.8, 4) is 0 Å². The van der Waals surface area contributed by atoms with Gasteiger partial charge >= 0.3 is 5.97 Å². The van der Waals surface area contributed by atoms with E-state index in [2.05, 4.69) is 10.6 Å². The Morgan fingerprint density at radius 1 is 1.14 bits per heavy atom. The van der Waals surface area contributed by atoms with Crippen LogP contribution in [-0.2, 0) is 14.3 Å². The van der Waals surface area contributed by atoms with Crippen LogP contribution in [0, 0.1) is 27.7 Å². The lowest BCUT2D eigenvalue weighted by molar-refractivity contribution is -0.139. The Kier molecular flexibility index (Phi) is 7.89. The summed E-state index contributed by atoms with van der Waals surface area (Å²) in [6.07, 6.45) is 0. The molecule has 0 amide bonds. The molecule has 6 heteroatoms. The molecule has 0 bridgehead atoms. The Morgan fingerprint density at radius 3 is 2.50 bits per heavy atom. The van der Waals surface area contributed by atoms with Crippen LogP contribution in [0.25, 0.3) is 0 Å². The van der Waals surface area contributed by atoms with Crippen molar-refractivity contribution in [2.45, 2.75) is 45.6 Å². The van der Waals surface area contributed by atoms with Crippen molar-refractivity contribution in [1.82, 2.24) is 4.57 Å². The minimum absolute atomic E-state index is 0.128. The van der Waals surface area contributed by atoms with Gasteiger partial charge in [-0.2, -0.15) is 0 Å². The molecule has 5 nitrogen and oxygen atoms in total. The number of aryl methyl sites for hydroxylation is 3. The molecular formula is C22H29NO4S. The van der Waals surface area contributed by atoms with Gasteiger partial charge in [-0.3, -0.25) is 9.59 Å². The summed E-state index contributed by atoms with van der Waals surface area (Å²) in [6.45, 7) is 10.3. The molecule has 0 saturated heterocycles. The smallest absolute Gasteiger partial charge is 0.316 e. The van der Waals surface area contributed by atoms with Crippen LogP contribution < -0.4 is 0 Å². The molecule has 0 aliphatic rings. The van der Waals surface area contributed by atoms with E-state index in [1.807, 2.05) is 52.8 Å². The van der Waals surface area contributed by atoms with Crippen molar-refractivity contribution in [2.75, 3.05) is 26.1 Å². The molecule has 0 aliphatic carbocycles. The average molecular weight is 404 g/mol. The number of carbonyl (C=O) groups excluding carboxylic acids is 2. The van der Waals surface area contributed by atoms with Gasteiger partial charge in [0.1, 0.15) is 0 Å². The molecule has 0 radical (unpaired) electrons. The number of rotatable bonds is 9. The maximum Gasteiger partial charge on any atom is 0.316 e. The quantitative estimate of drug-likeness (QED) is 0.352. The SMILES string of the molecule is COC[C@@H](C)n1c(C)cc(C(=O)COC(=O)CSc2ccc(C)cc2C)c1C. The van der Waals surface area contributed by atoms with Gasteiger partial charge in [-0.1, -0.05) is 17.7 Å². The summed E-state index contributed by atoms with van der Waals surface area (Å²) in [5, 5.41) is 0. The van der Waals surface area contributed by atoms with Crippen LogP contribution in [0.3, 0.4) is 0 Å². The first kappa shape index (κ1) is 22.2. The molecule has 152 valence electrons. The van der Waals surface area contributed by atoms with Gasteiger partial charge in [0, 0.05) is 29.0 Å². The standard InChI is InChI=1S/C22H29NO4S/c1-14-7-8-21(15(2)9-14)28-13-22(25)27-12-20(24)19-10-16(3)23(18(19)5)17(4)11-26-6/h7-10,17H,11-13H2,1-6H3/t17-/m1/s1. The van der Waals surface area contributed by atoms with Crippen molar-refractivity contribution in [1.29, 1.82) is 0 Å². The fourth-order valence-corrected chi connectivity index (χ4v) is 4.22. The molecular weight excluding hydrogens is 374 g/mol. The highest BCUT2D eigenvalue weighted by atomic mass is 32.2. The Labute approximate surface area is 171 Å². The van der Waals surface area contributed by atoms with Gasteiger partial charge in [0.15, 0.2) is 6.61 Å². The van der Waals surface area contributed by atoms with E-state index in [0.717, 1.165) is 21.8 Å². The molecule has 0 aliphatic heterocycles. The summed E-state index contributed by atoms with van der Waals surface area (Å²) in [5.41, 5.74) is 4.77. The highest BCUT2D eigenvalue weighted by Gasteiger charge is 2.20. The van der Waals surface area contributed by atoms with Gasteiger partial charge in [-0.05, 0) is 52.3 Å². The highest BCUT2D eigenvalue weighted by molar-refractivity contribution is 8.00. The Hall–Kier alpha value is -2.05. The maximum atomic E-state index is 12.6. The number of ether oxygens (including phenoxy) is 2. The van der Waals surface area contributed by atoms with E-state index in [1.54, 1.807) is 7.11 Å². The average Bonchev–Trinajstić information content (AvgIpc) is 2.93. The number of ketones is 1. The maximum absolute atomic E-state index is 12.6. The number of Topliss-reactive ketones (excluding diaryl/α,β-unsaturated/α-hetero) is 1.